The van der Waals surface area contributed by atoms with Gasteiger partial charge in [-0.05, 0) is 38.3 Å². The Morgan fingerprint density at radius 2 is 2.05 bits per heavy atom. The third kappa shape index (κ3) is 3.97. The summed E-state index contributed by atoms with van der Waals surface area (Å²) in [7, 11) is 0. The Hall–Kier alpha value is -1.56. The number of amidine groups is 1. The number of nitro groups is 1. The van der Waals surface area contributed by atoms with Crippen molar-refractivity contribution in [2.24, 2.45) is 10.9 Å². The Bertz CT molecular complexity index is 561. The zero-order chi connectivity index (χ0) is 15.6. The number of hydrogen-bond donors (Lipinski definition) is 1. The second kappa shape index (κ2) is 6.47. The lowest BCUT2D eigenvalue weighted by atomic mass is 10.1. The molecule has 21 heavy (non-hydrogen) atoms. The van der Waals surface area contributed by atoms with Gasteiger partial charge in [-0.15, -0.1) is 0 Å². The Kier molecular flexibility index (Phi) is 4.88. The number of nitro benzene ring substituents is 1. The van der Waals surface area contributed by atoms with Gasteiger partial charge < -0.3 is 5.32 Å². The Morgan fingerprint density at radius 3 is 2.57 bits per heavy atom. The summed E-state index contributed by atoms with van der Waals surface area (Å²) in [6, 6.07) is 4.01. The molecule has 1 aliphatic heterocycles. The summed E-state index contributed by atoms with van der Waals surface area (Å²) in [5.41, 5.74) is 2.27. The molecule has 2 rings (SSSR count). The van der Waals surface area contributed by atoms with E-state index in [4.69, 9.17) is 0 Å². The predicted molar refractivity (Wildman–Crippen MR) is 88.5 cm³/mol. The van der Waals surface area contributed by atoms with Crippen LogP contribution in [0.2, 0.25) is 0 Å². The van der Waals surface area contributed by atoms with Gasteiger partial charge in [-0.25, -0.2) is 4.99 Å². The Morgan fingerprint density at radius 1 is 1.43 bits per heavy atom. The van der Waals surface area contributed by atoms with Gasteiger partial charge >= 0.3 is 0 Å². The van der Waals surface area contributed by atoms with Gasteiger partial charge in [0.25, 0.3) is 5.69 Å². The van der Waals surface area contributed by atoms with Crippen molar-refractivity contribution in [3.8, 4) is 0 Å². The normalized spacial score (nSPS) is 20.0. The van der Waals surface area contributed by atoms with Gasteiger partial charge in [-0.2, -0.15) is 0 Å². The van der Waals surface area contributed by atoms with Gasteiger partial charge in [0.2, 0.25) is 0 Å². The molecule has 0 aliphatic carbocycles. The van der Waals surface area contributed by atoms with Crippen LogP contribution in [0.15, 0.2) is 17.1 Å². The lowest BCUT2D eigenvalue weighted by Gasteiger charge is -2.11. The van der Waals surface area contributed by atoms with Crippen molar-refractivity contribution < 1.29 is 4.92 Å². The molecule has 1 aromatic carbocycles. The monoisotopic (exact) mass is 307 g/mol. The van der Waals surface area contributed by atoms with E-state index in [1.54, 1.807) is 37.7 Å². The zero-order valence-electron chi connectivity index (χ0n) is 12.8. The van der Waals surface area contributed by atoms with Gasteiger partial charge in [0.1, 0.15) is 0 Å². The predicted octanol–water partition coefficient (Wildman–Crippen LogP) is 3.95. The fourth-order valence-electron chi connectivity index (χ4n) is 2.60. The maximum absolute atomic E-state index is 11.0. The van der Waals surface area contributed by atoms with Crippen LogP contribution in [0, 0.1) is 29.9 Å². The first-order valence-corrected chi connectivity index (χ1v) is 8.09. The third-order valence-corrected chi connectivity index (χ3v) is 4.45. The summed E-state index contributed by atoms with van der Waals surface area (Å²) in [5, 5.41) is 15.3. The molecule has 1 saturated heterocycles. The van der Waals surface area contributed by atoms with Crippen molar-refractivity contribution >= 4 is 28.3 Å². The minimum absolute atomic E-state index is 0.184. The summed E-state index contributed by atoms with van der Waals surface area (Å²) >= 11 is 1.71. The molecule has 0 bridgehead atoms. The molecule has 0 radical (unpaired) electrons. The molecule has 0 aromatic heterocycles. The lowest BCUT2D eigenvalue weighted by molar-refractivity contribution is -0.386. The van der Waals surface area contributed by atoms with Crippen LogP contribution in [0.4, 0.5) is 11.4 Å². The molecule has 1 aliphatic rings. The number of rotatable bonds is 4. The molecule has 1 N–H and O–H groups in total. The number of nitrogens with zero attached hydrogens (tertiary/aromatic N) is 2. The van der Waals surface area contributed by atoms with Crippen molar-refractivity contribution in [1.29, 1.82) is 0 Å². The lowest BCUT2D eigenvalue weighted by Crippen LogP contribution is -2.28. The maximum Gasteiger partial charge on any atom is 0.275 e. The van der Waals surface area contributed by atoms with Gasteiger partial charge in [-0.3, -0.25) is 10.1 Å². The molecular formula is C15H21N3O2S. The van der Waals surface area contributed by atoms with E-state index in [0.717, 1.165) is 23.0 Å². The van der Waals surface area contributed by atoms with E-state index in [-0.39, 0.29) is 10.6 Å². The first-order chi connectivity index (χ1) is 9.86. The minimum atomic E-state index is -0.331. The highest BCUT2D eigenvalue weighted by Crippen LogP contribution is 2.29. The van der Waals surface area contributed by atoms with E-state index in [2.05, 4.69) is 24.2 Å². The number of aliphatic imine (C=N–C) groups is 1. The van der Waals surface area contributed by atoms with Gasteiger partial charge in [0, 0.05) is 22.9 Å². The van der Waals surface area contributed by atoms with E-state index in [1.165, 1.54) is 0 Å². The average Bonchev–Trinajstić information content (AvgIpc) is 2.73. The molecule has 6 heteroatoms. The Balaban J connectivity index is 2.17. The van der Waals surface area contributed by atoms with Crippen LogP contribution in [0.3, 0.4) is 0 Å². The maximum atomic E-state index is 11.0. The average molecular weight is 307 g/mol. The number of thioether (sulfide) groups is 1. The van der Waals surface area contributed by atoms with E-state index in [1.807, 2.05) is 0 Å². The van der Waals surface area contributed by atoms with E-state index >= 15 is 0 Å². The van der Waals surface area contributed by atoms with Crippen LogP contribution in [0.25, 0.3) is 0 Å². The molecule has 0 unspecified atom stereocenters. The number of hydrogen-bond acceptors (Lipinski definition) is 4. The number of benzene rings is 1. The molecule has 1 atom stereocenters. The van der Waals surface area contributed by atoms with Crippen molar-refractivity contribution in [1.82, 2.24) is 5.32 Å². The quantitative estimate of drug-likeness (QED) is 0.675. The minimum Gasteiger partial charge on any atom is -0.361 e. The molecule has 0 spiro atoms. The summed E-state index contributed by atoms with van der Waals surface area (Å²) in [5.74, 6) is 1.69. The summed E-state index contributed by atoms with van der Waals surface area (Å²) in [6.07, 6.45) is 1.13. The zero-order valence-corrected chi connectivity index (χ0v) is 13.7. The van der Waals surface area contributed by atoms with Crippen LogP contribution in [-0.4, -0.2) is 21.9 Å². The molecule has 5 nitrogen and oxygen atoms in total. The first-order valence-electron chi connectivity index (χ1n) is 7.10. The summed E-state index contributed by atoms with van der Waals surface area (Å²) in [4.78, 5) is 15.3. The van der Waals surface area contributed by atoms with Crippen molar-refractivity contribution in [2.45, 2.75) is 40.2 Å². The van der Waals surface area contributed by atoms with Gasteiger partial charge in [0.05, 0.1) is 10.6 Å². The van der Waals surface area contributed by atoms with Crippen LogP contribution in [0.5, 0.6) is 0 Å². The second-order valence-electron chi connectivity index (χ2n) is 5.88. The highest BCUT2D eigenvalue weighted by Gasteiger charge is 2.21. The van der Waals surface area contributed by atoms with Crippen molar-refractivity contribution in [2.75, 3.05) is 5.75 Å². The summed E-state index contributed by atoms with van der Waals surface area (Å²) < 4.78 is 0. The van der Waals surface area contributed by atoms with E-state index in [9.17, 15) is 10.1 Å². The standard InChI is InChI=1S/C15H21N3O2S/c1-9(2)5-13-8-21-15(17-13)16-12-6-10(3)14(18(19)20)11(4)7-12/h6-7,9,13H,5,8H2,1-4H3,(H,16,17)/t13-/m0/s1. The van der Waals surface area contributed by atoms with Crippen molar-refractivity contribution in [3.05, 3.63) is 33.4 Å². The van der Waals surface area contributed by atoms with Crippen LogP contribution in [0.1, 0.15) is 31.4 Å². The largest absolute Gasteiger partial charge is 0.361 e. The molecule has 1 aromatic rings. The fraction of sp³-hybridized carbons (Fsp3) is 0.533. The third-order valence-electron chi connectivity index (χ3n) is 3.39. The smallest absolute Gasteiger partial charge is 0.275 e. The fourth-order valence-corrected chi connectivity index (χ4v) is 3.60. The molecule has 0 amide bonds. The van der Waals surface area contributed by atoms with Crippen molar-refractivity contribution in [3.63, 3.8) is 0 Å². The molecule has 114 valence electrons. The molecule has 1 heterocycles. The topological polar surface area (TPSA) is 67.5 Å². The van der Waals surface area contributed by atoms with Crippen LogP contribution >= 0.6 is 11.8 Å². The second-order valence-corrected chi connectivity index (χ2v) is 6.89. The first kappa shape index (κ1) is 15.8. The molecule has 1 fully saturated rings. The number of aryl methyl sites for hydroxylation is 2. The van der Waals surface area contributed by atoms with Gasteiger partial charge in [0.15, 0.2) is 5.17 Å². The van der Waals surface area contributed by atoms with Crippen LogP contribution < -0.4 is 5.32 Å². The highest BCUT2D eigenvalue weighted by molar-refractivity contribution is 8.14. The Labute approximate surface area is 129 Å². The van der Waals surface area contributed by atoms with Gasteiger partial charge in [-0.1, -0.05) is 25.6 Å². The summed E-state index contributed by atoms with van der Waals surface area (Å²) in [6.45, 7) is 7.94. The number of nitrogens with one attached hydrogen (secondary N) is 1. The molecular weight excluding hydrogens is 286 g/mol. The van der Waals surface area contributed by atoms with E-state index in [0.29, 0.717) is 23.1 Å². The molecule has 0 saturated carbocycles. The SMILES string of the molecule is Cc1cc(/N=C2/N[C@@H](CC(C)C)CS2)cc(C)c1[N+](=O)[O-]. The van der Waals surface area contributed by atoms with E-state index < -0.39 is 0 Å². The van der Waals surface area contributed by atoms with Crippen LogP contribution in [-0.2, 0) is 0 Å². The highest BCUT2D eigenvalue weighted by atomic mass is 32.2.